The molecule has 1 unspecified atom stereocenters. The average Bonchev–Trinajstić information content (AvgIpc) is 2.99. The van der Waals surface area contributed by atoms with Gasteiger partial charge in [-0.1, -0.05) is 71.0 Å². The van der Waals surface area contributed by atoms with E-state index in [2.05, 4.69) is 67.0 Å². The second kappa shape index (κ2) is 16.1. The lowest BCUT2D eigenvalue weighted by Gasteiger charge is -2.27. The number of nitrogens with zero attached hydrogens (tertiary/aromatic N) is 3. The summed E-state index contributed by atoms with van der Waals surface area (Å²) in [5.74, 6) is 1.97. The van der Waals surface area contributed by atoms with E-state index in [9.17, 15) is 0 Å². The van der Waals surface area contributed by atoms with E-state index in [1.165, 1.54) is 5.56 Å². The standard InChI is InChI=1S/C31H42N4O2.C2H6/c1-4-13-35(14-5-2)31-23-27(37-20-17-34-15-18-36-19-16-34)22-30(33-31)24(3)26-11-12-29(32)28(21-26)25-9-7-6-8-10-25;1-2/h6-12,21-24H,4-5,13-20,32H2,1-3H3;1-2H3. The van der Waals surface area contributed by atoms with Crippen LogP contribution in [0.3, 0.4) is 0 Å². The van der Waals surface area contributed by atoms with Gasteiger partial charge >= 0.3 is 0 Å². The fourth-order valence-electron chi connectivity index (χ4n) is 4.86. The minimum absolute atomic E-state index is 0.0923. The molecule has 1 aliphatic heterocycles. The molecule has 3 aromatic rings. The summed E-state index contributed by atoms with van der Waals surface area (Å²) in [4.78, 5) is 9.93. The largest absolute Gasteiger partial charge is 0.492 e. The average molecular weight is 533 g/mol. The highest BCUT2D eigenvalue weighted by Crippen LogP contribution is 2.34. The fraction of sp³-hybridized carbons (Fsp3) is 0.485. The van der Waals surface area contributed by atoms with Gasteiger partial charge in [-0.15, -0.1) is 0 Å². The first kappa shape index (κ1) is 30.5. The van der Waals surface area contributed by atoms with Crippen LogP contribution in [0.25, 0.3) is 11.1 Å². The van der Waals surface area contributed by atoms with Crippen LogP contribution in [0.4, 0.5) is 11.5 Å². The smallest absolute Gasteiger partial charge is 0.132 e. The summed E-state index contributed by atoms with van der Waals surface area (Å²) >= 11 is 0. The third kappa shape index (κ3) is 8.70. The number of rotatable bonds is 12. The molecular formula is C33H48N4O2. The fourth-order valence-corrected chi connectivity index (χ4v) is 4.86. The molecule has 1 atom stereocenters. The third-order valence-corrected chi connectivity index (χ3v) is 7.00. The first-order valence-electron chi connectivity index (χ1n) is 14.7. The Morgan fingerprint density at radius 2 is 1.67 bits per heavy atom. The molecule has 6 heteroatoms. The van der Waals surface area contributed by atoms with Crippen molar-refractivity contribution in [2.45, 2.75) is 53.4 Å². The number of ether oxygens (including phenoxy) is 2. The second-order valence-corrected chi connectivity index (χ2v) is 9.81. The van der Waals surface area contributed by atoms with E-state index < -0.39 is 0 Å². The van der Waals surface area contributed by atoms with E-state index >= 15 is 0 Å². The maximum Gasteiger partial charge on any atom is 0.132 e. The lowest BCUT2D eigenvalue weighted by atomic mass is 9.92. The minimum Gasteiger partial charge on any atom is -0.492 e. The van der Waals surface area contributed by atoms with Crippen molar-refractivity contribution < 1.29 is 9.47 Å². The molecule has 2 heterocycles. The molecule has 4 rings (SSSR count). The van der Waals surface area contributed by atoms with Crippen molar-refractivity contribution in [3.8, 4) is 16.9 Å². The van der Waals surface area contributed by atoms with Gasteiger partial charge in [-0.05, 0) is 36.1 Å². The Morgan fingerprint density at radius 3 is 2.33 bits per heavy atom. The molecule has 0 bridgehead atoms. The van der Waals surface area contributed by atoms with Crippen molar-refractivity contribution in [2.75, 3.05) is 63.2 Å². The third-order valence-electron chi connectivity index (χ3n) is 7.00. The van der Waals surface area contributed by atoms with E-state index in [4.69, 9.17) is 20.2 Å². The molecule has 0 radical (unpaired) electrons. The highest BCUT2D eigenvalue weighted by molar-refractivity contribution is 5.77. The van der Waals surface area contributed by atoms with Crippen LogP contribution in [0, 0.1) is 0 Å². The minimum atomic E-state index is 0.0923. The number of hydrogen-bond donors (Lipinski definition) is 1. The number of hydrogen-bond acceptors (Lipinski definition) is 6. The van der Waals surface area contributed by atoms with Crippen LogP contribution >= 0.6 is 0 Å². The summed E-state index contributed by atoms with van der Waals surface area (Å²) in [5.41, 5.74) is 11.5. The Hall–Kier alpha value is -3.09. The number of nitrogens with two attached hydrogens (primary N) is 1. The molecule has 0 aliphatic carbocycles. The van der Waals surface area contributed by atoms with Gasteiger partial charge in [0.2, 0.25) is 0 Å². The van der Waals surface area contributed by atoms with Crippen LogP contribution < -0.4 is 15.4 Å². The molecule has 0 saturated carbocycles. The zero-order valence-corrected chi connectivity index (χ0v) is 24.7. The van der Waals surface area contributed by atoms with Crippen LogP contribution in [0.2, 0.25) is 0 Å². The SMILES string of the molecule is CC.CCCN(CCC)c1cc(OCCN2CCOCC2)cc(C(C)c2ccc(N)c(-c3ccccc3)c2)n1. The van der Waals surface area contributed by atoms with Gasteiger partial charge in [0.1, 0.15) is 18.2 Å². The normalized spacial score (nSPS) is 14.3. The zero-order chi connectivity index (χ0) is 28.0. The molecular weight excluding hydrogens is 484 g/mol. The zero-order valence-electron chi connectivity index (χ0n) is 24.7. The van der Waals surface area contributed by atoms with Crippen molar-refractivity contribution in [3.63, 3.8) is 0 Å². The molecule has 6 nitrogen and oxygen atoms in total. The van der Waals surface area contributed by atoms with E-state index in [1.807, 2.05) is 38.1 Å². The van der Waals surface area contributed by atoms with Crippen LogP contribution in [-0.4, -0.2) is 62.4 Å². The molecule has 1 saturated heterocycles. The van der Waals surface area contributed by atoms with Gasteiger partial charge < -0.3 is 20.1 Å². The number of morpholine rings is 1. The predicted octanol–water partition coefficient (Wildman–Crippen LogP) is 6.85. The monoisotopic (exact) mass is 532 g/mol. The maximum absolute atomic E-state index is 6.38. The number of aromatic nitrogens is 1. The lowest BCUT2D eigenvalue weighted by Crippen LogP contribution is -2.38. The van der Waals surface area contributed by atoms with Gasteiger partial charge in [0.15, 0.2) is 0 Å². The molecule has 2 N–H and O–H groups in total. The Kier molecular flexibility index (Phi) is 12.6. The quantitative estimate of drug-likeness (QED) is 0.258. The predicted molar refractivity (Wildman–Crippen MR) is 165 cm³/mol. The van der Waals surface area contributed by atoms with Crippen LogP contribution in [0.5, 0.6) is 5.75 Å². The van der Waals surface area contributed by atoms with E-state index in [1.54, 1.807) is 0 Å². The maximum atomic E-state index is 6.38. The van der Waals surface area contributed by atoms with Gasteiger partial charge in [-0.3, -0.25) is 4.90 Å². The summed E-state index contributed by atoms with van der Waals surface area (Å²) in [6, 6.07) is 20.9. The Morgan fingerprint density at radius 1 is 0.974 bits per heavy atom. The number of benzene rings is 2. The first-order chi connectivity index (χ1) is 19.1. The summed E-state index contributed by atoms with van der Waals surface area (Å²) < 4.78 is 11.8. The molecule has 1 aliphatic rings. The van der Waals surface area contributed by atoms with Crippen molar-refractivity contribution >= 4 is 11.5 Å². The summed E-state index contributed by atoms with van der Waals surface area (Å²) in [6.45, 7) is 17.7. The van der Waals surface area contributed by atoms with Gasteiger partial charge in [-0.2, -0.15) is 0 Å². The Balaban J connectivity index is 0.00000205. The summed E-state index contributed by atoms with van der Waals surface area (Å²) in [6.07, 6.45) is 2.15. The Labute approximate surface area is 236 Å². The summed E-state index contributed by atoms with van der Waals surface area (Å²) in [5, 5.41) is 0. The number of pyridine rings is 1. The number of anilines is 2. The van der Waals surface area contributed by atoms with Crippen LogP contribution in [-0.2, 0) is 4.74 Å². The molecule has 39 heavy (non-hydrogen) atoms. The van der Waals surface area contributed by atoms with E-state index in [-0.39, 0.29) is 5.92 Å². The Bertz CT molecular complexity index is 1110. The lowest BCUT2D eigenvalue weighted by molar-refractivity contribution is 0.0322. The van der Waals surface area contributed by atoms with Gasteiger partial charge in [0.25, 0.3) is 0 Å². The molecule has 0 amide bonds. The highest BCUT2D eigenvalue weighted by Gasteiger charge is 2.18. The van der Waals surface area contributed by atoms with Gasteiger partial charge in [-0.25, -0.2) is 4.98 Å². The van der Waals surface area contributed by atoms with Gasteiger partial charge in [0, 0.05) is 62.0 Å². The molecule has 0 spiro atoms. The molecule has 1 fully saturated rings. The van der Waals surface area contributed by atoms with E-state index in [0.29, 0.717) is 6.61 Å². The molecule has 2 aromatic carbocycles. The van der Waals surface area contributed by atoms with Gasteiger partial charge in [0.05, 0.1) is 18.9 Å². The van der Waals surface area contributed by atoms with Crippen molar-refractivity contribution in [1.29, 1.82) is 0 Å². The topological polar surface area (TPSA) is 63.9 Å². The van der Waals surface area contributed by atoms with Crippen LogP contribution in [0.1, 0.15) is 64.6 Å². The second-order valence-electron chi connectivity index (χ2n) is 9.81. The van der Waals surface area contributed by atoms with Crippen molar-refractivity contribution in [3.05, 3.63) is 71.9 Å². The first-order valence-corrected chi connectivity index (χ1v) is 14.7. The summed E-state index contributed by atoms with van der Waals surface area (Å²) in [7, 11) is 0. The number of nitrogen functional groups attached to an aromatic ring is 1. The molecule has 212 valence electrons. The van der Waals surface area contributed by atoms with E-state index in [0.717, 1.165) is 92.9 Å². The van der Waals surface area contributed by atoms with Crippen LogP contribution in [0.15, 0.2) is 60.7 Å². The molecule has 1 aromatic heterocycles. The van der Waals surface area contributed by atoms with Crippen molar-refractivity contribution in [1.82, 2.24) is 9.88 Å². The highest BCUT2D eigenvalue weighted by atomic mass is 16.5. The van der Waals surface area contributed by atoms with Crippen molar-refractivity contribution in [2.24, 2.45) is 0 Å².